The van der Waals surface area contributed by atoms with Crippen molar-refractivity contribution >= 4 is 0 Å². The molecule has 0 atom stereocenters. The second kappa shape index (κ2) is 6.21. The molecule has 1 fully saturated rings. The number of rotatable bonds is 4. The predicted molar refractivity (Wildman–Crippen MR) is 73.4 cm³/mol. The standard InChI is InChI=1S/C15H23NO2/c1-12-10-15(11-13(2)14(12)3)18-9-6-16-4-7-17-8-5-16/h10-11H,4-9H2,1-3H3. The van der Waals surface area contributed by atoms with Crippen LogP contribution in [0, 0.1) is 20.8 Å². The molecule has 1 aliphatic heterocycles. The van der Waals surface area contributed by atoms with Crippen molar-refractivity contribution in [3.8, 4) is 5.75 Å². The average molecular weight is 249 g/mol. The van der Waals surface area contributed by atoms with E-state index in [1.54, 1.807) is 0 Å². The highest BCUT2D eigenvalue weighted by Gasteiger charge is 2.10. The van der Waals surface area contributed by atoms with Gasteiger partial charge >= 0.3 is 0 Å². The van der Waals surface area contributed by atoms with Gasteiger partial charge in [0.2, 0.25) is 0 Å². The minimum absolute atomic E-state index is 0.752. The van der Waals surface area contributed by atoms with Crippen LogP contribution in [0.25, 0.3) is 0 Å². The Balaban J connectivity index is 1.82. The highest BCUT2D eigenvalue weighted by Crippen LogP contribution is 2.20. The summed E-state index contributed by atoms with van der Waals surface area (Å²) >= 11 is 0. The Morgan fingerprint density at radius 2 is 1.72 bits per heavy atom. The molecule has 1 aromatic carbocycles. The number of aryl methyl sites for hydroxylation is 2. The Bertz CT molecular complexity index is 374. The topological polar surface area (TPSA) is 21.7 Å². The fourth-order valence-electron chi connectivity index (χ4n) is 2.20. The fourth-order valence-corrected chi connectivity index (χ4v) is 2.20. The summed E-state index contributed by atoms with van der Waals surface area (Å²) in [6, 6.07) is 4.25. The molecule has 0 aromatic heterocycles. The third-order valence-corrected chi connectivity index (χ3v) is 3.68. The van der Waals surface area contributed by atoms with Gasteiger partial charge in [-0.1, -0.05) is 0 Å². The minimum Gasteiger partial charge on any atom is -0.492 e. The van der Waals surface area contributed by atoms with Crippen LogP contribution in [0.15, 0.2) is 12.1 Å². The Labute approximate surface area is 110 Å². The molecule has 1 saturated heterocycles. The molecular formula is C15H23NO2. The lowest BCUT2D eigenvalue weighted by Crippen LogP contribution is -2.38. The SMILES string of the molecule is Cc1cc(OCCN2CCOCC2)cc(C)c1C. The summed E-state index contributed by atoms with van der Waals surface area (Å²) in [5, 5.41) is 0. The monoisotopic (exact) mass is 249 g/mol. The van der Waals surface area contributed by atoms with Crippen molar-refractivity contribution in [2.75, 3.05) is 39.5 Å². The Hall–Kier alpha value is -1.06. The number of benzene rings is 1. The van der Waals surface area contributed by atoms with E-state index in [2.05, 4.69) is 37.8 Å². The molecule has 18 heavy (non-hydrogen) atoms. The third kappa shape index (κ3) is 3.47. The molecule has 3 nitrogen and oxygen atoms in total. The lowest BCUT2D eigenvalue weighted by Gasteiger charge is -2.26. The zero-order valence-corrected chi connectivity index (χ0v) is 11.7. The zero-order chi connectivity index (χ0) is 13.0. The average Bonchev–Trinajstić information content (AvgIpc) is 2.37. The van der Waals surface area contributed by atoms with Crippen molar-refractivity contribution in [2.24, 2.45) is 0 Å². The first-order valence-electron chi connectivity index (χ1n) is 6.67. The van der Waals surface area contributed by atoms with Gasteiger partial charge in [0.25, 0.3) is 0 Å². The summed E-state index contributed by atoms with van der Waals surface area (Å²) in [5.74, 6) is 0.990. The highest BCUT2D eigenvalue weighted by molar-refractivity contribution is 5.40. The quantitative estimate of drug-likeness (QED) is 0.817. The Kier molecular flexibility index (Phi) is 4.61. The van der Waals surface area contributed by atoms with E-state index in [-0.39, 0.29) is 0 Å². The highest BCUT2D eigenvalue weighted by atomic mass is 16.5. The van der Waals surface area contributed by atoms with E-state index in [9.17, 15) is 0 Å². The van der Waals surface area contributed by atoms with E-state index >= 15 is 0 Å². The molecule has 0 N–H and O–H groups in total. The van der Waals surface area contributed by atoms with Gasteiger partial charge in [0.1, 0.15) is 12.4 Å². The normalized spacial score (nSPS) is 16.8. The van der Waals surface area contributed by atoms with Crippen molar-refractivity contribution in [1.82, 2.24) is 4.90 Å². The second-order valence-electron chi connectivity index (χ2n) is 4.98. The van der Waals surface area contributed by atoms with Gasteiger partial charge in [-0.15, -0.1) is 0 Å². The number of morpholine rings is 1. The van der Waals surface area contributed by atoms with Crippen LogP contribution in [0.1, 0.15) is 16.7 Å². The molecule has 0 unspecified atom stereocenters. The smallest absolute Gasteiger partial charge is 0.119 e. The molecule has 0 amide bonds. The molecule has 0 radical (unpaired) electrons. The van der Waals surface area contributed by atoms with E-state index in [4.69, 9.17) is 9.47 Å². The van der Waals surface area contributed by atoms with Crippen LogP contribution in [0.5, 0.6) is 5.75 Å². The van der Waals surface area contributed by atoms with E-state index < -0.39 is 0 Å². The van der Waals surface area contributed by atoms with Crippen LogP contribution in [0.3, 0.4) is 0 Å². The van der Waals surface area contributed by atoms with E-state index in [1.165, 1.54) is 16.7 Å². The van der Waals surface area contributed by atoms with Crippen LogP contribution >= 0.6 is 0 Å². The van der Waals surface area contributed by atoms with E-state index in [0.29, 0.717) is 0 Å². The third-order valence-electron chi connectivity index (χ3n) is 3.68. The summed E-state index contributed by atoms with van der Waals surface area (Å²) in [5.41, 5.74) is 3.96. The number of hydrogen-bond acceptors (Lipinski definition) is 3. The summed E-state index contributed by atoms with van der Waals surface area (Å²) in [6.07, 6.45) is 0. The maximum Gasteiger partial charge on any atom is 0.119 e. The summed E-state index contributed by atoms with van der Waals surface area (Å²) in [7, 11) is 0. The van der Waals surface area contributed by atoms with Crippen LogP contribution in [-0.2, 0) is 4.74 Å². The molecule has 0 bridgehead atoms. The van der Waals surface area contributed by atoms with Crippen molar-refractivity contribution in [3.05, 3.63) is 28.8 Å². The van der Waals surface area contributed by atoms with Gasteiger partial charge in [-0.25, -0.2) is 0 Å². The first kappa shape index (κ1) is 13.4. The minimum atomic E-state index is 0.752. The van der Waals surface area contributed by atoms with Gasteiger partial charge in [0.15, 0.2) is 0 Å². The molecule has 1 heterocycles. The molecule has 3 heteroatoms. The lowest BCUT2D eigenvalue weighted by molar-refractivity contribution is 0.0322. The summed E-state index contributed by atoms with van der Waals surface area (Å²) in [4.78, 5) is 2.39. The largest absolute Gasteiger partial charge is 0.492 e. The van der Waals surface area contributed by atoms with Gasteiger partial charge in [0, 0.05) is 19.6 Å². The van der Waals surface area contributed by atoms with Crippen LogP contribution in [0.4, 0.5) is 0 Å². The van der Waals surface area contributed by atoms with E-state index in [0.717, 1.165) is 45.2 Å². The first-order chi connectivity index (χ1) is 8.66. The summed E-state index contributed by atoms with van der Waals surface area (Å²) in [6.45, 7) is 11.9. The maximum absolute atomic E-state index is 5.84. The van der Waals surface area contributed by atoms with Crippen LogP contribution < -0.4 is 4.74 Å². The summed E-state index contributed by atoms with van der Waals surface area (Å²) < 4.78 is 11.2. The van der Waals surface area contributed by atoms with Crippen molar-refractivity contribution in [1.29, 1.82) is 0 Å². The van der Waals surface area contributed by atoms with Gasteiger partial charge in [-0.05, 0) is 49.6 Å². The van der Waals surface area contributed by atoms with Crippen LogP contribution in [0.2, 0.25) is 0 Å². The Morgan fingerprint density at radius 1 is 1.11 bits per heavy atom. The molecule has 1 aliphatic rings. The van der Waals surface area contributed by atoms with Gasteiger partial charge < -0.3 is 9.47 Å². The number of hydrogen-bond donors (Lipinski definition) is 0. The second-order valence-corrected chi connectivity index (χ2v) is 4.98. The number of nitrogens with zero attached hydrogens (tertiary/aromatic N) is 1. The molecule has 0 aliphatic carbocycles. The van der Waals surface area contributed by atoms with E-state index in [1.807, 2.05) is 0 Å². The molecule has 0 saturated carbocycles. The van der Waals surface area contributed by atoms with Gasteiger partial charge in [-0.3, -0.25) is 4.90 Å². The fraction of sp³-hybridized carbons (Fsp3) is 0.600. The first-order valence-corrected chi connectivity index (χ1v) is 6.67. The van der Waals surface area contributed by atoms with Crippen LogP contribution in [-0.4, -0.2) is 44.4 Å². The van der Waals surface area contributed by atoms with Gasteiger partial charge in [-0.2, -0.15) is 0 Å². The van der Waals surface area contributed by atoms with Crippen molar-refractivity contribution in [3.63, 3.8) is 0 Å². The van der Waals surface area contributed by atoms with Gasteiger partial charge in [0.05, 0.1) is 13.2 Å². The zero-order valence-electron chi connectivity index (χ0n) is 11.7. The molecule has 0 spiro atoms. The molecule has 2 rings (SSSR count). The predicted octanol–water partition coefficient (Wildman–Crippen LogP) is 2.32. The van der Waals surface area contributed by atoms with Crippen molar-refractivity contribution < 1.29 is 9.47 Å². The maximum atomic E-state index is 5.84. The molecular weight excluding hydrogens is 226 g/mol. The number of ether oxygens (including phenoxy) is 2. The lowest BCUT2D eigenvalue weighted by atomic mass is 10.0. The molecule has 100 valence electrons. The van der Waals surface area contributed by atoms with Crippen molar-refractivity contribution in [2.45, 2.75) is 20.8 Å². The molecule has 1 aromatic rings. The Morgan fingerprint density at radius 3 is 2.33 bits per heavy atom.